The van der Waals surface area contributed by atoms with Crippen molar-refractivity contribution in [1.82, 2.24) is 10.6 Å². The molecule has 0 heterocycles. The molecule has 0 fully saturated rings. The molecule has 0 radical (unpaired) electrons. The van der Waals surface area contributed by atoms with E-state index in [1.165, 1.54) is 11.1 Å². The van der Waals surface area contributed by atoms with Crippen molar-refractivity contribution in [1.29, 1.82) is 0 Å². The zero-order valence-corrected chi connectivity index (χ0v) is 11.8. The number of benzene rings is 1. The lowest BCUT2D eigenvalue weighted by molar-refractivity contribution is -0.128. The molecule has 0 saturated heterocycles. The van der Waals surface area contributed by atoms with E-state index in [9.17, 15) is 4.79 Å². The fraction of sp³-hybridized carbons (Fsp3) is 0.533. The summed E-state index contributed by atoms with van der Waals surface area (Å²) in [6, 6.07) is 8.41. The maximum absolute atomic E-state index is 11.6. The van der Waals surface area contributed by atoms with Gasteiger partial charge < -0.3 is 10.6 Å². The number of nitrogens with one attached hydrogen (secondary N) is 2. The summed E-state index contributed by atoms with van der Waals surface area (Å²) in [5, 5.41) is 6.07. The fourth-order valence-electron chi connectivity index (χ4n) is 2.00. The van der Waals surface area contributed by atoms with E-state index in [-0.39, 0.29) is 11.3 Å². The molecule has 100 valence electrons. The van der Waals surface area contributed by atoms with E-state index in [1.807, 2.05) is 13.8 Å². The highest BCUT2D eigenvalue weighted by molar-refractivity contribution is 5.81. The molecule has 3 nitrogen and oxygen atoms in total. The summed E-state index contributed by atoms with van der Waals surface area (Å²) in [7, 11) is 1.68. The highest BCUT2D eigenvalue weighted by Crippen LogP contribution is 2.14. The van der Waals surface area contributed by atoms with Gasteiger partial charge in [-0.15, -0.1) is 0 Å². The molecule has 0 aliphatic heterocycles. The predicted molar refractivity (Wildman–Crippen MR) is 75.4 cm³/mol. The van der Waals surface area contributed by atoms with Gasteiger partial charge in [0, 0.05) is 20.1 Å². The molecule has 0 bridgehead atoms. The summed E-state index contributed by atoms with van der Waals surface area (Å²) in [5.74, 6) is 0.0683. The minimum Gasteiger partial charge on any atom is -0.359 e. The first-order valence-corrected chi connectivity index (χ1v) is 6.51. The third kappa shape index (κ3) is 3.84. The van der Waals surface area contributed by atoms with Crippen molar-refractivity contribution >= 4 is 5.91 Å². The van der Waals surface area contributed by atoms with Crippen LogP contribution in [0.1, 0.15) is 31.9 Å². The lowest BCUT2D eigenvalue weighted by Gasteiger charge is -2.23. The van der Waals surface area contributed by atoms with E-state index >= 15 is 0 Å². The van der Waals surface area contributed by atoms with Gasteiger partial charge in [-0.3, -0.25) is 4.79 Å². The molecule has 1 aromatic carbocycles. The quantitative estimate of drug-likeness (QED) is 0.809. The van der Waals surface area contributed by atoms with E-state index in [0.717, 1.165) is 13.0 Å². The van der Waals surface area contributed by atoms with Gasteiger partial charge in [-0.05, 0) is 31.4 Å². The Morgan fingerprint density at radius 3 is 2.39 bits per heavy atom. The normalized spacial score (nSPS) is 11.3. The van der Waals surface area contributed by atoms with Crippen LogP contribution in [0.15, 0.2) is 24.3 Å². The van der Waals surface area contributed by atoms with E-state index < -0.39 is 0 Å². The van der Waals surface area contributed by atoms with Gasteiger partial charge >= 0.3 is 0 Å². The second-order valence-corrected chi connectivity index (χ2v) is 5.19. The molecule has 0 spiro atoms. The molecule has 0 aliphatic carbocycles. The van der Waals surface area contributed by atoms with Crippen molar-refractivity contribution in [2.24, 2.45) is 5.41 Å². The van der Waals surface area contributed by atoms with Crippen molar-refractivity contribution in [3.05, 3.63) is 35.4 Å². The summed E-state index contributed by atoms with van der Waals surface area (Å²) in [6.45, 7) is 7.54. The highest BCUT2D eigenvalue weighted by atomic mass is 16.2. The molecule has 0 unspecified atom stereocenters. The molecule has 1 rings (SSSR count). The Bertz CT molecular complexity index is 399. The number of hydrogen-bond donors (Lipinski definition) is 2. The predicted octanol–water partition coefficient (Wildman–Crippen LogP) is 2.11. The first kappa shape index (κ1) is 14.7. The largest absolute Gasteiger partial charge is 0.359 e. The standard InChI is InChI=1S/C15H24N2O/c1-5-12-8-6-7-9-13(12)10-17-11-15(2,3)14(18)16-4/h6-9,17H,5,10-11H2,1-4H3,(H,16,18). The van der Waals surface area contributed by atoms with Crippen LogP contribution in [0.2, 0.25) is 0 Å². The molecule has 1 aromatic rings. The lowest BCUT2D eigenvalue weighted by Crippen LogP contribution is -2.41. The maximum Gasteiger partial charge on any atom is 0.226 e. The highest BCUT2D eigenvalue weighted by Gasteiger charge is 2.25. The Labute approximate surface area is 110 Å². The van der Waals surface area contributed by atoms with Crippen LogP contribution in [0.25, 0.3) is 0 Å². The molecule has 3 heteroatoms. The Morgan fingerprint density at radius 1 is 1.22 bits per heavy atom. The van der Waals surface area contributed by atoms with Crippen LogP contribution in [-0.4, -0.2) is 19.5 Å². The van der Waals surface area contributed by atoms with Gasteiger partial charge in [0.2, 0.25) is 5.91 Å². The maximum atomic E-state index is 11.6. The molecule has 2 N–H and O–H groups in total. The first-order valence-electron chi connectivity index (χ1n) is 6.51. The summed E-state index contributed by atoms with van der Waals surface area (Å²) in [5.41, 5.74) is 2.30. The van der Waals surface area contributed by atoms with Crippen molar-refractivity contribution < 1.29 is 4.79 Å². The fourth-order valence-corrected chi connectivity index (χ4v) is 2.00. The third-order valence-corrected chi connectivity index (χ3v) is 3.22. The lowest BCUT2D eigenvalue weighted by atomic mass is 9.92. The molecule has 0 aromatic heterocycles. The SMILES string of the molecule is CCc1ccccc1CNCC(C)(C)C(=O)NC. The summed E-state index contributed by atoms with van der Waals surface area (Å²) in [4.78, 5) is 11.6. The smallest absolute Gasteiger partial charge is 0.226 e. The molecule has 18 heavy (non-hydrogen) atoms. The zero-order valence-electron chi connectivity index (χ0n) is 11.8. The van der Waals surface area contributed by atoms with Gasteiger partial charge in [0.25, 0.3) is 0 Å². The number of amides is 1. The Hall–Kier alpha value is -1.35. The van der Waals surface area contributed by atoms with Crippen LogP contribution in [0, 0.1) is 5.41 Å². The monoisotopic (exact) mass is 248 g/mol. The zero-order chi connectivity index (χ0) is 13.6. The van der Waals surface area contributed by atoms with E-state index in [2.05, 4.69) is 41.8 Å². The van der Waals surface area contributed by atoms with Crippen molar-refractivity contribution in [2.45, 2.75) is 33.7 Å². The average Bonchev–Trinajstić information content (AvgIpc) is 2.38. The van der Waals surface area contributed by atoms with E-state index in [4.69, 9.17) is 0 Å². The van der Waals surface area contributed by atoms with Crippen LogP contribution in [0.4, 0.5) is 0 Å². The number of aryl methyl sites for hydroxylation is 1. The Kier molecular flexibility index (Phi) is 5.35. The van der Waals surface area contributed by atoms with Gasteiger partial charge in [0.05, 0.1) is 5.41 Å². The van der Waals surface area contributed by atoms with E-state index in [0.29, 0.717) is 6.54 Å². The van der Waals surface area contributed by atoms with Crippen LogP contribution in [-0.2, 0) is 17.8 Å². The molecule has 0 saturated carbocycles. The molecular weight excluding hydrogens is 224 g/mol. The number of rotatable bonds is 6. The topological polar surface area (TPSA) is 41.1 Å². The van der Waals surface area contributed by atoms with Crippen molar-refractivity contribution in [2.75, 3.05) is 13.6 Å². The van der Waals surface area contributed by atoms with Crippen LogP contribution < -0.4 is 10.6 Å². The van der Waals surface area contributed by atoms with Crippen LogP contribution in [0.5, 0.6) is 0 Å². The molecule has 1 amide bonds. The van der Waals surface area contributed by atoms with E-state index in [1.54, 1.807) is 7.05 Å². The average molecular weight is 248 g/mol. The Balaban J connectivity index is 2.54. The van der Waals surface area contributed by atoms with Gasteiger partial charge in [-0.2, -0.15) is 0 Å². The minimum atomic E-state index is -0.379. The van der Waals surface area contributed by atoms with Crippen molar-refractivity contribution in [3.63, 3.8) is 0 Å². The van der Waals surface area contributed by atoms with Gasteiger partial charge in [0.15, 0.2) is 0 Å². The second-order valence-electron chi connectivity index (χ2n) is 5.19. The van der Waals surface area contributed by atoms with Gasteiger partial charge in [0.1, 0.15) is 0 Å². The van der Waals surface area contributed by atoms with Gasteiger partial charge in [-0.1, -0.05) is 31.2 Å². The van der Waals surface area contributed by atoms with Crippen molar-refractivity contribution in [3.8, 4) is 0 Å². The summed E-state index contributed by atoms with van der Waals surface area (Å²) in [6.07, 6.45) is 1.04. The second kappa shape index (κ2) is 6.55. The number of hydrogen-bond acceptors (Lipinski definition) is 2. The Morgan fingerprint density at radius 2 is 1.83 bits per heavy atom. The minimum absolute atomic E-state index is 0.0683. The van der Waals surface area contributed by atoms with Crippen LogP contribution in [0.3, 0.4) is 0 Å². The first-order chi connectivity index (χ1) is 8.51. The number of carbonyl (C=O) groups is 1. The third-order valence-electron chi connectivity index (χ3n) is 3.22. The number of carbonyl (C=O) groups excluding carboxylic acids is 1. The molecule has 0 atom stereocenters. The molecular formula is C15H24N2O. The summed E-state index contributed by atoms with van der Waals surface area (Å²) >= 11 is 0. The molecule has 0 aliphatic rings. The summed E-state index contributed by atoms with van der Waals surface area (Å²) < 4.78 is 0. The van der Waals surface area contributed by atoms with Crippen LogP contribution >= 0.6 is 0 Å². The van der Waals surface area contributed by atoms with Gasteiger partial charge in [-0.25, -0.2) is 0 Å².